The zero-order chi connectivity index (χ0) is 18.0. The number of carboxylic acid groups (broad SMARTS) is 1. The van der Waals surface area contributed by atoms with Gasteiger partial charge in [-0.3, -0.25) is 4.79 Å². The molecule has 2 N–H and O–H groups in total. The number of carbonyl (C=O) groups is 2. The number of carboxylic acids is 1. The summed E-state index contributed by atoms with van der Waals surface area (Å²) >= 11 is 0. The highest BCUT2D eigenvalue weighted by Crippen LogP contribution is 2.30. The van der Waals surface area contributed by atoms with Gasteiger partial charge in [0.15, 0.2) is 6.04 Å². The molecule has 6 heteroatoms. The molecule has 4 nitrogen and oxygen atoms in total. The van der Waals surface area contributed by atoms with Crippen LogP contribution in [-0.4, -0.2) is 17.0 Å². The highest BCUT2D eigenvalue weighted by atomic mass is 19.1. The Kier molecular flexibility index (Phi) is 4.61. The van der Waals surface area contributed by atoms with Crippen molar-refractivity contribution in [2.75, 3.05) is 0 Å². The van der Waals surface area contributed by atoms with E-state index in [0.29, 0.717) is 12.5 Å². The summed E-state index contributed by atoms with van der Waals surface area (Å²) in [5.41, 5.74) is 1.38. The molecule has 128 valence electrons. The van der Waals surface area contributed by atoms with Gasteiger partial charge in [0.05, 0.1) is 5.92 Å². The summed E-state index contributed by atoms with van der Waals surface area (Å²) in [6.07, 6.45) is 4.15. The van der Waals surface area contributed by atoms with Crippen LogP contribution in [0.4, 0.5) is 8.78 Å². The molecule has 25 heavy (non-hydrogen) atoms. The average Bonchev–Trinajstić information content (AvgIpc) is 2.59. The van der Waals surface area contributed by atoms with Gasteiger partial charge >= 0.3 is 5.97 Å². The third-order valence-corrected chi connectivity index (χ3v) is 4.16. The Labute approximate surface area is 142 Å². The number of amides is 1. The lowest BCUT2D eigenvalue weighted by Gasteiger charge is -2.23. The smallest absolute Gasteiger partial charge is 0.331 e. The van der Waals surface area contributed by atoms with Crippen LogP contribution in [-0.2, 0) is 9.59 Å². The molecule has 1 aliphatic rings. The lowest BCUT2D eigenvalue weighted by atomic mass is 9.86. The van der Waals surface area contributed by atoms with Crippen molar-refractivity contribution in [1.29, 1.82) is 0 Å². The first-order valence-electron chi connectivity index (χ1n) is 7.71. The van der Waals surface area contributed by atoms with Crippen LogP contribution < -0.4 is 5.32 Å². The van der Waals surface area contributed by atoms with Crippen molar-refractivity contribution >= 4 is 18.0 Å². The second kappa shape index (κ2) is 6.84. The molecule has 0 radical (unpaired) electrons. The predicted molar refractivity (Wildman–Crippen MR) is 87.7 cm³/mol. The molecule has 2 unspecified atom stereocenters. The van der Waals surface area contributed by atoms with Crippen LogP contribution in [0.3, 0.4) is 0 Å². The zero-order valence-corrected chi connectivity index (χ0v) is 13.1. The monoisotopic (exact) mass is 343 g/mol. The summed E-state index contributed by atoms with van der Waals surface area (Å²) in [4.78, 5) is 24.1. The second-order valence-electron chi connectivity index (χ2n) is 5.77. The van der Waals surface area contributed by atoms with Gasteiger partial charge < -0.3 is 10.4 Å². The third-order valence-electron chi connectivity index (χ3n) is 4.16. The number of nitrogens with one attached hydrogen (secondary N) is 1. The van der Waals surface area contributed by atoms with Gasteiger partial charge in [-0.1, -0.05) is 42.5 Å². The fourth-order valence-electron chi connectivity index (χ4n) is 2.94. The van der Waals surface area contributed by atoms with Crippen molar-refractivity contribution in [2.45, 2.75) is 18.4 Å². The molecular weight excluding hydrogens is 328 g/mol. The Hall–Kier alpha value is -3.02. The fourth-order valence-corrected chi connectivity index (χ4v) is 2.94. The predicted octanol–water partition coefficient (Wildman–Crippen LogP) is 3.41. The van der Waals surface area contributed by atoms with Crippen molar-refractivity contribution in [3.05, 3.63) is 76.9 Å². The topological polar surface area (TPSA) is 66.4 Å². The molecule has 0 saturated carbocycles. The van der Waals surface area contributed by atoms with Crippen LogP contribution in [0.25, 0.3) is 6.08 Å². The molecule has 0 aliphatic heterocycles. The largest absolute Gasteiger partial charge is 0.479 e. The number of allylic oxidation sites excluding steroid dienone is 1. The van der Waals surface area contributed by atoms with Crippen LogP contribution in [0, 0.1) is 11.6 Å². The molecular formula is C19H15F2NO3. The first-order chi connectivity index (χ1) is 12.0. The average molecular weight is 343 g/mol. The standard InChI is InChI=1S/C19H15F2NO3/c20-12-8-9-15(16(21)10-12)17(19(24)25)22-18(23)14-7-3-5-11-4-1-2-6-13(11)14/h1-6,8-10,14,17H,7H2,(H,22,23)(H,24,25). The first kappa shape index (κ1) is 16.8. The lowest BCUT2D eigenvalue weighted by molar-refractivity contribution is -0.142. The van der Waals surface area contributed by atoms with Crippen LogP contribution in [0.15, 0.2) is 48.5 Å². The van der Waals surface area contributed by atoms with Gasteiger partial charge in [0, 0.05) is 11.6 Å². The van der Waals surface area contributed by atoms with Crippen LogP contribution in [0.1, 0.15) is 35.1 Å². The molecule has 3 rings (SSSR count). The molecule has 1 amide bonds. The number of aliphatic carboxylic acids is 1. The quantitative estimate of drug-likeness (QED) is 0.894. The van der Waals surface area contributed by atoms with Gasteiger partial charge in [-0.2, -0.15) is 0 Å². The van der Waals surface area contributed by atoms with Gasteiger partial charge in [0.25, 0.3) is 0 Å². The van der Waals surface area contributed by atoms with E-state index >= 15 is 0 Å². The molecule has 2 aromatic rings. The van der Waals surface area contributed by atoms with Gasteiger partial charge in [-0.05, 0) is 23.6 Å². The van der Waals surface area contributed by atoms with Crippen LogP contribution in [0.2, 0.25) is 0 Å². The molecule has 0 saturated heterocycles. The Balaban J connectivity index is 1.87. The number of carbonyl (C=O) groups excluding carboxylic acids is 1. The van der Waals surface area contributed by atoms with E-state index in [0.717, 1.165) is 23.3 Å². The Bertz CT molecular complexity index is 863. The molecule has 0 spiro atoms. The van der Waals surface area contributed by atoms with Crippen LogP contribution in [0.5, 0.6) is 0 Å². The van der Waals surface area contributed by atoms with E-state index in [1.165, 1.54) is 0 Å². The van der Waals surface area contributed by atoms with E-state index < -0.39 is 35.5 Å². The van der Waals surface area contributed by atoms with E-state index in [-0.39, 0.29) is 5.56 Å². The number of fused-ring (bicyclic) bond motifs is 1. The number of halogens is 2. The maximum atomic E-state index is 13.9. The van der Waals surface area contributed by atoms with Gasteiger partial charge in [-0.25, -0.2) is 13.6 Å². The summed E-state index contributed by atoms with van der Waals surface area (Å²) in [5.74, 6) is -4.34. The van der Waals surface area contributed by atoms with E-state index in [1.54, 1.807) is 12.1 Å². The first-order valence-corrected chi connectivity index (χ1v) is 7.71. The Morgan fingerprint density at radius 3 is 2.64 bits per heavy atom. The molecule has 0 fully saturated rings. The van der Waals surface area contributed by atoms with Crippen LogP contribution >= 0.6 is 0 Å². The van der Waals surface area contributed by atoms with Gasteiger partial charge in [0.1, 0.15) is 11.6 Å². The Morgan fingerprint density at radius 1 is 1.16 bits per heavy atom. The number of hydrogen-bond acceptors (Lipinski definition) is 2. The molecule has 2 aromatic carbocycles. The minimum absolute atomic E-state index is 0.290. The van der Waals surface area contributed by atoms with Crippen molar-refractivity contribution in [2.24, 2.45) is 0 Å². The highest BCUT2D eigenvalue weighted by molar-refractivity contribution is 5.90. The third kappa shape index (κ3) is 3.42. The van der Waals surface area contributed by atoms with Crippen molar-refractivity contribution in [1.82, 2.24) is 5.32 Å². The lowest BCUT2D eigenvalue weighted by Crippen LogP contribution is -2.37. The summed E-state index contributed by atoms with van der Waals surface area (Å²) in [6.45, 7) is 0. The summed E-state index contributed by atoms with van der Waals surface area (Å²) in [5, 5.41) is 11.7. The molecule has 0 aromatic heterocycles. The minimum atomic E-state index is -1.59. The second-order valence-corrected chi connectivity index (χ2v) is 5.77. The van der Waals surface area contributed by atoms with E-state index in [1.807, 2.05) is 24.3 Å². The maximum Gasteiger partial charge on any atom is 0.331 e. The number of rotatable bonds is 4. The summed E-state index contributed by atoms with van der Waals surface area (Å²) in [6, 6.07) is 8.29. The SMILES string of the molecule is O=C(NC(C(=O)O)c1ccc(F)cc1F)C1CC=Cc2ccccc21. The summed E-state index contributed by atoms with van der Waals surface area (Å²) < 4.78 is 27.0. The molecule has 0 heterocycles. The molecule has 1 aliphatic carbocycles. The number of benzene rings is 2. The highest BCUT2D eigenvalue weighted by Gasteiger charge is 2.30. The van der Waals surface area contributed by atoms with E-state index in [2.05, 4.69) is 5.32 Å². The van der Waals surface area contributed by atoms with Gasteiger partial charge in [0.2, 0.25) is 5.91 Å². The Morgan fingerprint density at radius 2 is 1.92 bits per heavy atom. The molecule has 2 atom stereocenters. The van der Waals surface area contributed by atoms with Crippen molar-refractivity contribution < 1.29 is 23.5 Å². The van der Waals surface area contributed by atoms with Crippen molar-refractivity contribution in [3.63, 3.8) is 0 Å². The van der Waals surface area contributed by atoms with Crippen molar-refractivity contribution in [3.8, 4) is 0 Å². The maximum absolute atomic E-state index is 13.9. The van der Waals surface area contributed by atoms with E-state index in [4.69, 9.17) is 0 Å². The molecule has 0 bridgehead atoms. The normalized spacial score (nSPS) is 16.8. The zero-order valence-electron chi connectivity index (χ0n) is 13.1. The number of hydrogen-bond donors (Lipinski definition) is 2. The minimum Gasteiger partial charge on any atom is -0.479 e. The fraction of sp³-hybridized carbons (Fsp3) is 0.158. The van der Waals surface area contributed by atoms with Gasteiger partial charge in [-0.15, -0.1) is 0 Å². The van der Waals surface area contributed by atoms with E-state index in [9.17, 15) is 23.5 Å². The summed E-state index contributed by atoms with van der Waals surface area (Å²) in [7, 11) is 0.